The Hall–Kier alpha value is -0.423. The van der Waals surface area contributed by atoms with Crippen LogP contribution in [0.5, 0.6) is 5.75 Å². The van der Waals surface area contributed by atoms with Gasteiger partial charge in [0.25, 0.3) is 0 Å². The molecule has 0 saturated carbocycles. The number of hydrogen-bond acceptors (Lipinski definition) is 2. The van der Waals surface area contributed by atoms with Crippen LogP contribution in [0.4, 0.5) is 0 Å². The van der Waals surface area contributed by atoms with Gasteiger partial charge in [-0.05, 0) is 18.1 Å². The van der Waals surface area contributed by atoms with Gasteiger partial charge in [-0.2, -0.15) is 0 Å². The third kappa shape index (κ3) is 3.75. The molecule has 1 aromatic carbocycles. The third-order valence-corrected chi connectivity index (χ3v) is 2.12. The van der Waals surface area contributed by atoms with E-state index in [-0.39, 0.29) is 26.4 Å². The molecule has 0 aliphatic rings. The Morgan fingerprint density at radius 2 is 2.07 bits per heavy atom. The molecule has 2 nitrogen and oxygen atoms in total. The molecule has 0 aromatic heterocycles. The van der Waals surface area contributed by atoms with Crippen LogP contribution in [0.1, 0.15) is 20.3 Å². The minimum absolute atomic E-state index is 0. The Kier molecular flexibility index (Phi) is 6.74. The van der Waals surface area contributed by atoms with E-state index in [4.69, 9.17) is 4.74 Å². The fraction of sp³-hybridized carbons (Fsp3) is 0.455. The van der Waals surface area contributed by atoms with Crippen LogP contribution >= 0.6 is 0 Å². The predicted octanol–water partition coefficient (Wildman–Crippen LogP) is -0.875. The second-order valence-corrected chi connectivity index (χ2v) is 3.08. The number of aliphatic hydroxyl groups is 1. The molecule has 1 rings (SSSR count). The minimum Gasteiger partial charge on any atom is -1.00 e. The monoisotopic (exact) mass is 188 g/mol. The van der Waals surface area contributed by atoms with E-state index in [1.807, 2.05) is 31.2 Å². The van der Waals surface area contributed by atoms with Gasteiger partial charge >= 0.3 is 18.9 Å². The van der Waals surface area contributed by atoms with Gasteiger partial charge in [-0.3, -0.25) is 0 Å². The van der Waals surface area contributed by atoms with Crippen molar-refractivity contribution in [3.05, 3.63) is 29.8 Å². The van der Waals surface area contributed by atoms with Crippen molar-refractivity contribution in [3.8, 4) is 5.75 Å². The Balaban J connectivity index is 0. The molecule has 1 aromatic rings. The molecule has 0 fully saturated rings. The summed E-state index contributed by atoms with van der Waals surface area (Å²) in [5, 5.41) is 9.48. The molecule has 74 valence electrons. The summed E-state index contributed by atoms with van der Waals surface area (Å²) >= 11 is 0. The van der Waals surface area contributed by atoms with Crippen LogP contribution in [0.3, 0.4) is 0 Å². The van der Waals surface area contributed by atoms with Gasteiger partial charge in [0.1, 0.15) is 5.75 Å². The van der Waals surface area contributed by atoms with Crippen LogP contribution < -0.4 is 23.6 Å². The van der Waals surface area contributed by atoms with Gasteiger partial charge < -0.3 is 11.3 Å². The predicted molar refractivity (Wildman–Crippen MR) is 54.1 cm³/mol. The normalized spacial score (nSPS) is 11.6. The fourth-order valence-electron chi connectivity index (χ4n) is 1.27. The molecule has 0 amide bonds. The molecule has 1 unspecified atom stereocenters. The summed E-state index contributed by atoms with van der Waals surface area (Å²) in [7, 11) is 1.65. The van der Waals surface area contributed by atoms with Crippen molar-refractivity contribution in [2.75, 3.05) is 7.11 Å². The van der Waals surface area contributed by atoms with Gasteiger partial charge in [0.15, 0.2) is 0 Å². The van der Waals surface area contributed by atoms with E-state index in [0.29, 0.717) is 6.42 Å². The van der Waals surface area contributed by atoms with Gasteiger partial charge in [0.05, 0.1) is 13.2 Å². The van der Waals surface area contributed by atoms with Crippen LogP contribution in [-0.4, -0.2) is 18.3 Å². The Bertz CT molecular complexity index is 269. The maximum Gasteiger partial charge on any atom is 1.00 e. The van der Waals surface area contributed by atoms with Gasteiger partial charge in [0.2, 0.25) is 0 Å². The number of hydrogen-bond donors (Lipinski definition) is 1. The zero-order chi connectivity index (χ0) is 9.68. The molecule has 0 aliphatic heterocycles. The van der Waals surface area contributed by atoms with Gasteiger partial charge in [-0.25, -0.2) is 0 Å². The zero-order valence-corrected chi connectivity index (χ0v) is 9.16. The molecule has 1 N–H and O–H groups in total. The second kappa shape index (κ2) is 6.95. The van der Waals surface area contributed by atoms with E-state index in [1.54, 1.807) is 7.11 Å². The maximum atomic E-state index is 9.48. The minimum atomic E-state index is -0.267. The molecule has 3 heteroatoms. The van der Waals surface area contributed by atoms with Crippen LogP contribution in [0, 0.1) is 0 Å². The number of ether oxygens (including phenoxy) is 1. The molecule has 0 radical (unpaired) electrons. The summed E-state index contributed by atoms with van der Waals surface area (Å²) in [6.07, 6.45) is 1.18. The largest absolute Gasteiger partial charge is 1.00 e. The molecule has 1 atom stereocenters. The maximum absolute atomic E-state index is 9.48. The van der Waals surface area contributed by atoms with Crippen molar-refractivity contribution >= 4 is 0 Å². The van der Waals surface area contributed by atoms with Crippen molar-refractivity contribution in [1.29, 1.82) is 0 Å². The first-order valence-electron chi connectivity index (χ1n) is 4.58. The van der Waals surface area contributed by atoms with Crippen molar-refractivity contribution in [1.82, 2.24) is 0 Å². The number of methoxy groups -OCH3 is 1. The van der Waals surface area contributed by atoms with Crippen LogP contribution in [0.2, 0.25) is 0 Å². The summed E-state index contributed by atoms with van der Waals surface area (Å²) in [4.78, 5) is 0. The van der Waals surface area contributed by atoms with Crippen molar-refractivity contribution in [2.24, 2.45) is 0 Å². The summed E-state index contributed by atoms with van der Waals surface area (Å²) < 4.78 is 5.18. The molecule has 0 bridgehead atoms. The number of para-hydroxylation sites is 1. The summed E-state index contributed by atoms with van der Waals surface area (Å²) in [6, 6.07) is 7.79. The van der Waals surface area contributed by atoms with Crippen LogP contribution in [-0.2, 0) is 6.42 Å². The molecular formula is C11H17LiO2. The second-order valence-electron chi connectivity index (χ2n) is 3.08. The van der Waals surface area contributed by atoms with Gasteiger partial charge in [-0.1, -0.05) is 25.1 Å². The van der Waals surface area contributed by atoms with E-state index in [2.05, 4.69) is 0 Å². The average molecular weight is 188 g/mol. The van der Waals surface area contributed by atoms with Crippen LogP contribution in [0.25, 0.3) is 0 Å². The Morgan fingerprint density at radius 1 is 1.43 bits per heavy atom. The molecular weight excluding hydrogens is 171 g/mol. The average Bonchev–Trinajstić information content (AvgIpc) is 2.18. The Morgan fingerprint density at radius 3 is 2.64 bits per heavy atom. The van der Waals surface area contributed by atoms with Gasteiger partial charge in [-0.15, -0.1) is 0 Å². The topological polar surface area (TPSA) is 29.5 Å². The molecule has 0 spiro atoms. The molecule has 0 heterocycles. The van der Waals surface area contributed by atoms with E-state index < -0.39 is 0 Å². The smallest absolute Gasteiger partial charge is 1.00 e. The number of benzene rings is 1. The SMILES string of the molecule is CCC(O)Cc1ccccc1OC.[H-].[Li+]. The van der Waals surface area contributed by atoms with Crippen LogP contribution in [0.15, 0.2) is 24.3 Å². The summed E-state index contributed by atoms with van der Waals surface area (Å²) in [6.45, 7) is 1.97. The standard InChI is InChI=1S/C11H16O2.Li.H/c1-3-10(12)8-9-6-4-5-7-11(9)13-2;;/h4-7,10,12H,3,8H2,1-2H3;;/q;+1;-1. The first-order valence-corrected chi connectivity index (χ1v) is 4.58. The first kappa shape index (κ1) is 13.6. The summed E-state index contributed by atoms with van der Waals surface area (Å²) in [5.74, 6) is 0.856. The van der Waals surface area contributed by atoms with E-state index >= 15 is 0 Å². The number of rotatable bonds is 4. The molecule has 0 saturated heterocycles. The molecule has 14 heavy (non-hydrogen) atoms. The Labute approximate surface area is 98.9 Å². The van der Waals surface area contributed by atoms with E-state index in [1.165, 1.54) is 0 Å². The summed E-state index contributed by atoms with van der Waals surface area (Å²) in [5.41, 5.74) is 1.07. The van der Waals surface area contributed by atoms with E-state index in [9.17, 15) is 5.11 Å². The van der Waals surface area contributed by atoms with Crippen molar-refractivity contribution in [2.45, 2.75) is 25.9 Å². The fourth-order valence-corrected chi connectivity index (χ4v) is 1.27. The van der Waals surface area contributed by atoms with E-state index in [0.717, 1.165) is 17.7 Å². The quantitative estimate of drug-likeness (QED) is 0.622. The zero-order valence-electron chi connectivity index (χ0n) is 10.2. The van der Waals surface area contributed by atoms with Crippen molar-refractivity contribution in [3.63, 3.8) is 0 Å². The molecule has 0 aliphatic carbocycles. The van der Waals surface area contributed by atoms with Crippen molar-refractivity contribution < 1.29 is 30.1 Å². The van der Waals surface area contributed by atoms with Gasteiger partial charge in [0, 0.05) is 6.42 Å². The first-order chi connectivity index (χ1) is 6.27. The third-order valence-electron chi connectivity index (χ3n) is 2.12. The number of aliphatic hydroxyl groups excluding tert-OH is 1.